The van der Waals surface area contributed by atoms with Gasteiger partial charge in [0.05, 0.1) is 23.3 Å². The number of ether oxygens (including phenoxy) is 2. The zero-order valence-electron chi connectivity index (χ0n) is 18.5. The van der Waals surface area contributed by atoms with E-state index in [9.17, 15) is 14.9 Å². The van der Waals surface area contributed by atoms with Gasteiger partial charge in [0.15, 0.2) is 0 Å². The van der Waals surface area contributed by atoms with E-state index < -0.39 is 11.6 Å². The van der Waals surface area contributed by atoms with Crippen molar-refractivity contribution in [2.24, 2.45) is 0 Å². The Hall–Kier alpha value is -3.31. The van der Waals surface area contributed by atoms with Crippen molar-refractivity contribution >= 4 is 29.5 Å². The van der Waals surface area contributed by atoms with Crippen molar-refractivity contribution in [2.45, 2.75) is 26.4 Å². The highest BCUT2D eigenvalue weighted by atomic mass is 35.5. The van der Waals surface area contributed by atoms with E-state index in [1.165, 1.54) is 7.11 Å². The molecule has 1 aliphatic rings. The second kappa shape index (κ2) is 9.45. The summed E-state index contributed by atoms with van der Waals surface area (Å²) in [5.41, 5.74) is 1.58. The molecule has 1 saturated heterocycles. The number of aromatic nitrogens is 1. The first-order valence-electron chi connectivity index (χ1n) is 10.1. The summed E-state index contributed by atoms with van der Waals surface area (Å²) in [7, 11) is 1.29. The van der Waals surface area contributed by atoms with Crippen molar-refractivity contribution in [3.63, 3.8) is 0 Å². The molecular weight excluding hydrogens is 432 g/mol. The predicted octanol–water partition coefficient (Wildman–Crippen LogP) is 4.12. The van der Waals surface area contributed by atoms with Crippen LogP contribution in [0.1, 0.15) is 36.7 Å². The van der Waals surface area contributed by atoms with Crippen LogP contribution in [0.4, 0.5) is 10.6 Å². The quantitative estimate of drug-likeness (QED) is 0.641. The molecule has 1 aliphatic heterocycles. The first-order valence-corrected chi connectivity index (χ1v) is 10.5. The maximum absolute atomic E-state index is 12.3. The topological polar surface area (TPSA) is 95.8 Å². The fourth-order valence-electron chi connectivity index (χ4n) is 3.35. The Bertz CT molecular complexity index is 1070. The van der Waals surface area contributed by atoms with E-state index in [1.807, 2.05) is 25.7 Å². The number of rotatable bonds is 3. The Morgan fingerprint density at radius 2 is 1.81 bits per heavy atom. The lowest BCUT2D eigenvalue weighted by Gasteiger charge is -2.36. The summed E-state index contributed by atoms with van der Waals surface area (Å²) in [6.45, 7) is 7.55. The van der Waals surface area contributed by atoms with Crippen LogP contribution in [0, 0.1) is 11.3 Å². The molecule has 0 atom stereocenters. The van der Waals surface area contributed by atoms with Crippen molar-refractivity contribution < 1.29 is 19.1 Å². The molecule has 0 saturated carbocycles. The monoisotopic (exact) mass is 456 g/mol. The van der Waals surface area contributed by atoms with E-state index >= 15 is 0 Å². The third kappa shape index (κ3) is 5.29. The largest absolute Gasteiger partial charge is 0.465 e. The lowest BCUT2D eigenvalue weighted by molar-refractivity contribution is 0.0240. The molecule has 0 spiro atoms. The highest BCUT2D eigenvalue weighted by Gasteiger charge is 2.27. The van der Waals surface area contributed by atoms with Crippen LogP contribution in [0.2, 0.25) is 5.02 Å². The molecule has 9 heteroatoms. The van der Waals surface area contributed by atoms with Crippen LogP contribution in [0.5, 0.6) is 0 Å². The summed E-state index contributed by atoms with van der Waals surface area (Å²) < 4.78 is 10.1. The van der Waals surface area contributed by atoms with Gasteiger partial charge in [-0.3, -0.25) is 0 Å². The molecule has 1 aromatic carbocycles. The average molecular weight is 457 g/mol. The van der Waals surface area contributed by atoms with Crippen molar-refractivity contribution in [1.29, 1.82) is 5.26 Å². The number of carbonyl (C=O) groups is 2. The van der Waals surface area contributed by atoms with Crippen LogP contribution in [0.15, 0.2) is 30.5 Å². The summed E-state index contributed by atoms with van der Waals surface area (Å²) in [5, 5.41) is 9.96. The van der Waals surface area contributed by atoms with Crippen molar-refractivity contribution in [2.75, 3.05) is 38.2 Å². The standard InChI is InChI=1S/C23H25ClN4O4/c1-23(2,3)32-22(30)28-9-7-27(8-10-28)20-16(13-25)11-17(14-26-20)15-5-6-18(19(24)12-15)21(29)31-4/h5-6,11-12,14H,7-10H2,1-4H3. The number of amides is 1. The van der Waals surface area contributed by atoms with Gasteiger partial charge in [-0.25, -0.2) is 14.6 Å². The number of hydrogen-bond acceptors (Lipinski definition) is 7. The first-order chi connectivity index (χ1) is 15.1. The number of nitriles is 1. The van der Waals surface area contributed by atoms with E-state index in [-0.39, 0.29) is 16.7 Å². The van der Waals surface area contributed by atoms with Gasteiger partial charge in [-0.15, -0.1) is 0 Å². The van der Waals surface area contributed by atoms with E-state index in [2.05, 4.69) is 11.1 Å². The van der Waals surface area contributed by atoms with Gasteiger partial charge < -0.3 is 19.3 Å². The Kier molecular flexibility index (Phi) is 6.90. The minimum Gasteiger partial charge on any atom is -0.465 e. The van der Waals surface area contributed by atoms with E-state index in [0.717, 1.165) is 5.56 Å². The highest BCUT2D eigenvalue weighted by Crippen LogP contribution is 2.29. The minimum atomic E-state index is -0.544. The second-order valence-electron chi connectivity index (χ2n) is 8.35. The van der Waals surface area contributed by atoms with Crippen LogP contribution < -0.4 is 4.90 Å². The Morgan fingerprint density at radius 3 is 2.38 bits per heavy atom. The Balaban J connectivity index is 1.76. The SMILES string of the molecule is COC(=O)c1ccc(-c2cnc(N3CCN(C(=O)OC(C)(C)C)CC3)c(C#N)c2)cc1Cl. The molecule has 0 unspecified atom stereocenters. The number of nitrogens with zero attached hydrogens (tertiary/aromatic N) is 4. The van der Waals surface area contributed by atoms with E-state index in [4.69, 9.17) is 21.1 Å². The molecule has 32 heavy (non-hydrogen) atoms. The third-order valence-corrected chi connectivity index (χ3v) is 5.24. The number of hydrogen-bond donors (Lipinski definition) is 0. The molecule has 3 rings (SSSR count). The second-order valence-corrected chi connectivity index (χ2v) is 8.75. The van der Waals surface area contributed by atoms with Gasteiger partial charge in [0.2, 0.25) is 0 Å². The minimum absolute atomic E-state index is 0.259. The summed E-state index contributed by atoms with van der Waals surface area (Å²) in [6.07, 6.45) is 1.33. The number of methoxy groups -OCH3 is 1. The molecule has 0 radical (unpaired) electrons. The Morgan fingerprint density at radius 1 is 1.12 bits per heavy atom. The van der Waals surface area contributed by atoms with Gasteiger partial charge in [-0.1, -0.05) is 17.7 Å². The number of piperazine rings is 1. The van der Waals surface area contributed by atoms with Crippen LogP contribution >= 0.6 is 11.6 Å². The fraction of sp³-hybridized carbons (Fsp3) is 0.391. The van der Waals surface area contributed by atoms with Crippen LogP contribution in [0.25, 0.3) is 11.1 Å². The lowest BCUT2D eigenvalue weighted by Crippen LogP contribution is -2.50. The van der Waals surface area contributed by atoms with Gasteiger partial charge >= 0.3 is 12.1 Å². The van der Waals surface area contributed by atoms with Crippen LogP contribution in [-0.4, -0.2) is 60.8 Å². The van der Waals surface area contributed by atoms with E-state index in [0.29, 0.717) is 43.1 Å². The number of esters is 1. The van der Waals surface area contributed by atoms with Gasteiger partial charge in [-0.2, -0.15) is 5.26 Å². The lowest BCUT2D eigenvalue weighted by atomic mass is 10.0. The molecule has 8 nitrogen and oxygen atoms in total. The molecular formula is C23H25ClN4O4. The van der Waals surface area contributed by atoms with Crippen molar-refractivity contribution in [3.05, 3.63) is 46.6 Å². The number of halogens is 1. The van der Waals surface area contributed by atoms with Gasteiger partial charge in [0.1, 0.15) is 17.5 Å². The maximum atomic E-state index is 12.3. The molecule has 0 N–H and O–H groups in total. The smallest absolute Gasteiger partial charge is 0.410 e. The zero-order valence-corrected chi connectivity index (χ0v) is 19.3. The van der Waals surface area contributed by atoms with Gasteiger partial charge in [0, 0.05) is 37.9 Å². The van der Waals surface area contributed by atoms with Crippen molar-refractivity contribution in [3.8, 4) is 17.2 Å². The summed E-state index contributed by atoms with van der Waals surface area (Å²) in [5.74, 6) is 0.0515. The fourth-order valence-corrected chi connectivity index (χ4v) is 3.60. The van der Waals surface area contributed by atoms with Crippen molar-refractivity contribution in [1.82, 2.24) is 9.88 Å². The molecule has 1 amide bonds. The number of carbonyl (C=O) groups excluding carboxylic acids is 2. The third-order valence-electron chi connectivity index (χ3n) is 4.93. The number of pyridine rings is 1. The van der Waals surface area contributed by atoms with Gasteiger partial charge in [-0.05, 0) is 44.5 Å². The summed E-state index contributed by atoms with van der Waals surface area (Å²) in [4.78, 5) is 32.2. The Labute approximate surface area is 192 Å². The number of anilines is 1. The molecule has 0 bridgehead atoms. The van der Waals surface area contributed by atoms with E-state index in [1.54, 1.807) is 35.4 Å². The summed E-state index contributed by atoms with van der Waals surface area (Å²) >= 11 is 6.22. The maximum Gasteiger partial charge on any atom is 0.410 e. The predicted molar refractivity (Wildman–Crippen MR) is 121 cm³/mol. The van der Waals surface area contributed by atoms with Gasteiger partial charge in [0.25, 0.3) is 0 Å². The number of benzene rings is 1. The molecule has 2 aromatic rings. The summed E-state index contributed by atoms with van der Waals surface area (Å²) in [6, 6.07) is 8.91. The highest BCUT2D eigenvalue weighted by molar-refractivity contribution is 6.33. The van der Waals surface area contributed by atoms with Crippen LogP contribution in [-0.2, 0) is 9.47 Å². The molecule has 0 aliphatic carbocycles. The van der Waals surface area contributed by atoms with Crippen LogP contribution in [0.3, 0.4) is 0 Å². The first kappa shape index (κ1) is 23.4. The molecule has 168 valence electrons. The average Bonchev–Trinajstić information content (AvgIpc) is 2.77. The zero-order chi connectivity index (χ0) is 23.5. The molecule has 1 aromatic heterocycles. The molecule has 2 heterocycles. The molecule has 1 fully saturated rings. The normalized spacial score (nSPS) is 14.0.